The van der Waals surface area contributed by atoms with Gasteiger partial charge in [-0.3, -0.25) is 0 Å². The predicted molar refractivity (Wildman–Crippen MR) is 76.3 cm³/mol. The van der Waals surface area contributed by atoms with Crippen LogP contribution in [0.4, 0.5) is 4.39 Å². The van der Waals surface area contributed by atoms with E-state index in [9.17, 15) is 4.39 Å². The molecule has 1 aromatic carbocycles. The Morgan fingerprint density at radius 3 is 2.85 bits per heavy atom. The van der Waals surface area contributed by atoms with Gasteiger partial charge in [-0.1, -0.05) is 31.5 Å². The van der Waals surface area contributed by atoms with Crippen molar-refractivity contribution in [2.24, 2.45) is 5.41 Å². The molecule has 1 heterocycles. The van der Waals surface area contributed by atoms with Gasteiger partial charge in [0.05, 0.1) is 18.8 Å². The van der Waals surface area contributed by atoms with Crippen molar-refractivity contribution in [2.75, 3.05) is 0 Å². The van der Waals surface area contributed by atoms with Crippen LogP contribution >= 0.6 is 11.6 Å². The normalized spacial score (nSPS) is 34.6. The Balaban J connectivity index is 1.69. The molecule has 1 aliphatic heterocycles. The van der Waals surface area contributed by atoms with Crippen molar-refractivity contribution < 1.29 is 13.9 Å². The lowest BCUT2D eigenvalue weighted by atomic mass is 9.71. The fraction of sp³-hybridized carbons (Fsp3) is 0.625. The highest BCUT2D eigenvalue weighted by Gasteiger charge is 2.66. The highest BCUT2D eigenvalue weighted by Crippen LogP contribution is 2.57. The van der Waals surface area contributed by atoms with Crippen LogP contribution < -0.4 is 0 Å². The fourth-order valence-corrected chi connectivity index (χ4v) is 3.64. The molecule has 2 fully saturated rings. The standard InChI is InChI=1S/C16H20ClFO2/c1-15(2)8-7-13(16(3)14(15)20-16)19-9-10-11(17)5-4-6-12(10)18/h4-6,13-14H,7-9H2,1-3H3. The van der Waals surface area contributed by atoms with Crippen LogP contribution in [-0.4, -0.2) is 17.8 Å². The zero-order valence-corrected chi connectivity index (χ0v) is 12.8. The van der Waals surface area contributed by atoms with Crippen LogP contribution in [-0.2, 0) is 16.1 Å². The number of benzene rings is 1. The van der Waals surface area contributed by atoms with Crippen molar-refractivity contribution in [3.05, 3.63) is 34.6 Å². The molecule has 2 nitrogen and oxygen atoms in total. The number of epoxide rings is 1. The number of ether oxygens (including phenoxy) is 2. The summed E-state index contributed by atoms with van der Waals surface area (Å²) in [7, 11) is 0. The molecule has 0 radical (unpaired) electrons. The maximum absolute atomic E-state index is 13.7. The molecule has 1 saturated heterocycles. The molecule has 110 valence electrons. The van der Waals surface area contributed by atoms with Gasteiger partial charge in [0, 0.05) is 10.6 Å². The van der Waals surface area contributed by atoms with Gasteiger partial charge < -0.3 is 9.47 Å². The van der Waals surface area contributed by atoms with Gasteiger partial charge in [-0.05, 0) is 37.3 Å². The van der Waals surface area contributed by atoms with Gasteiger partial charge in [0.1, 0.15) is 11.4 Å². The Bertz CT molecular complexity index is 511. The lowest BCUT2D eigenvalue weighted by molar-refractivity contribution is -0.0260. The second kappa shape index (κ2) is 4.69. The summed E-state index contributed by atoms with van der Waals surface area (Å²) in [6.45, 7) is 6.74. The number of rotatable bonds is 3. The van der Waals surface area contributed by atoms with E-state index in [1.54, 1.807) is 12.1 Å². The molecule has 20 heavy (non-hydrogen) atoms. The van der Waals surface area contributed by atoms with Crippen LogP contribution in [0.1, 0.15) is 39.2 Å². The molecule has 1 saturated carbocycles. The maximum Gasteiger partial charge on any atom is 0.130 e. The third-order valence-electron chi connectivity index (χ3n) is 4.73. The molecule has 0 bridgehead atoms. The second-order valence-electron chi connectivity index (χ2n) is 6.71. The smallest absolute Gasteiger partial charge is 0.130 e. The van der Waals surface area contributed by atoms with Crippen LogP contribution in [0.5, 0.6) is 0 Å². The van der Waals surface area contributed by atoms with E-state index in [-0.39, 0.29) is 35.6 Å². The van der Waals surface area contributed by atoms with Gasteiger partial charge in [-0.15, -0.1) is 0 Å². The summed E-state index contributed by atoms with van der Waals surface area (Å²) in [6.07, 6.45) is 2.25. The zero-order valence-electron chi connectivity index (χ0n) is 12.1. The molecule has 3 atom stereocenters. The fourth-order valence-electron chi connectivity index (χ4n) is 3.42. The minimum Gasteiger partial charge on any atom is -0.370 e. The lowest BCUT2D eigenvalue weighted by Gasteiger charge is -2.34. The summed E-state index contributed by atoms with van der Waals surface area (Å²) in [6, 6.07) is 4.70. The molecule has 0 N–H and O–H groups in total. The number of hydrogen-bond acceptors (Lipinski definition) is 2. The van der Waals surface area contributed by atoms with Gasteiger partial charge in [-0.2, -0.15) is 0 Å². The third kappa shape index (κ3) is 2.26. The summed E-state index contributed by atoms with van der Waals surface area (Å²) in [5, 5.41) is 0.416. The Labute approximate surface area is 124 Å². The molecule has 0 aromatic heterocycles. The predicted octanol–water partition coefficient (Wildman–Crippen LogP) is 4.34. The summed E-state index contributed by atoms with van der Waals surface area (Å²) >= 11 is 6.02. The molecular weight excluding hydrogens is 279 g/mol. The van der Waals surface area contributed by atoms with Crippen LogP contribution in [0.25, 0.3) is 0 Å². The molecule has 0 spiro atoms. The highest BCUT2D eigenvalue weighted by molar-refractivity contribution is 6.31. The Hall–Kier alpha value is -0.640. The first-order chi connectivity index (χ1) is 9.34. The van der Waals surface area contributed by atoms with E-state index in [1.807, 2.05) is 0 Å². The van der Waals surface area contributed by atoms with Gasteiger partial charge in [0.25, 0.3) is 0 Å². The average Bonchev–Trinajstić information content (AvgIpc) is 3.06. The molecule has 3 unspecified atom stereocenters. The summed E-state index contributed by atoms with van der Waals surface area (Å²) in [4.78, 5) is 0. The third-order valence-corrected chi connectivity index (χ3v) is 5.08. The highest BCUT2D eigenvalue weighted by atomic mass is 35.5. The van der Waals surface area contributed by atoms with E-state index in [1.165, 1.54) is 6.07 Å². The van der Waals surface area contributed by atoms with Crippen LogP contribution in [0.3, 0.4) is 0 Å². The Morgan fingerprint density at radius 2 is 2.15 bits per heavy atom. The zero-order chi connectivity index (χ0) is 14.5. The number of fused-ring (bicyclic) bond motifs is 1. The first kappa shape index (κ1) is 14.3. The molecular formula is C16H20ClFO2. The SMILES string of the molecule is CC1(C)CCC(OCc2c(F)cccc2Cl)C2(C)OC12. The second-order valence-corrected chi connectivity index (χ2v) is 7.12. The van der Waals surface area contributed by atoms with E-state index in [4.69, 9.17) is 21.1 Å². The lowest BCUT2D eigenvalue weighted by Crippen LogP contribution is -2.42. The van der Waals surface area contributed by atoms with E-state index in [0.717, 1.165) is 12.8 Å². The monoisotopic (exact) mass is 298 g/mol. The van der Waals surface area contributed by atoms with E-state index in [0.29, 0.717) is 10.6 Å². The maximum atomic E-state index is 13.7. The Morgan fingerprint density at radius 1 is 1.40 bits per heavy atom. The van der Waals surface area contributed by atoms with Crippen molar-refractivity contribution >= 4 is 11.6 Å². The van der Waals surface area contributed by atoms with Crippen LogP contribution in [0.15, 0.2) is 18.2 Å². The minimum atomic E-state index is -0.313. The number of halogens is 2. The molecule has 1 aliphatic carbocycles. The van der Waals surface area contributed by atoms with Crippen LogP contribution in [0.2, 0.25) is 5.02 Å². The largest absolute Gasteiger partial charge is 0.370 e. The van der Waals surface area contributed by atoms with Crippen molar-refractivity contribution in [3.63, 3.8) is 0 Å². The van der Waals surface area contributed by atoms with Gasteiger partial charge >= 0.3 is 0 Å². The average molecular weight is 299 g/mol. The van der Waals surface area contributed by atoms with Crippen molar-refractivity contribution in [1.82, 2.24) is 0 Å². The van der Waals surface area contributed by atoms with E-state index < -0.39 is 0 Å². The summed E-state index contributed by atoms with van der Waals surface area (Å²) < 4.78 is 25.6. The van der Waals surface area contributed by atoms with Gasteiger partial charge in [0.2, 0.25) is 0 Å². The topological polar surface area (TPSA) is 21.8 Å². The Kier molecular flexibility index (Phi) is 3.35. The van der Waals surface area contributed by atoms with Crippen molar-refractivity contribution in [2.45, 2.75) is 58.0 Å². The van der Waals surface area contributed by atoms with Gasteiger partial charge in [-0.25, -0.2) is 4.39 Å². The summed E-state index contributed by atoms with van der Waals surface area (Å²) in [5.41, 5.74) is 0.406. The minimum absolute atomic E-state index is 0.0104. The molecule has 2 aliphatic rings. The summed E-state index contributed by atoms with van der Waals surface area (Å²) in [5.74, 6) is -0.313. The van der Waals surface area contributed by atoms with E-state index in [2.05, 4.69) is 20.8 Å². The van der Waals surface area contributed by atoms with Crippen molar-refractivity contribution in [3.8, 4) is 0 Å². The van der Waals surface area contributed by atoms with Crippen molar-refractivity contribution in [1.29, 1.82) is 0 Å². The number of hydrogen-bond donors (Lipinski definition) is 0. The molecule has 1 aromatic rings. The quantitative estimate of drug-likeness (QED) is 0.774. The molecule has 3 rings (SSSR count). The van der Waals surface area contributed by atoms with Crippen LogP contribution in [0, 0.1) is 11.2 Å². The first-order valence-corrected chi connectivity index (χ1v) is 7.45. The van der Waals surface area contributed by atoms with E-state index >= 15 is 0 Å². The molecule has 0 amide bonds. The first-order valence-electron chi connectivity index (χ1n) is 7.07. The van der Waals surface area contributed by atoms with Gasteiger partial charge in [0.15, 0.2) is 0 Å². The molecule has 4 heteroatoms.